The average Bonchev–Trinajstić information content (AvgIpc) is 2.61. The van der Waals surface area contributed by atoms with Crippen molar-refractivity contribution in [3.05, 3.63) is 61.2 Å². The summed E-state index contributed by atoms with van der Waals surface area (Å²) >= 11 is 0. The number of rotatable bonds is 5. The van der Waals surface area contributed by atoms with Crippen LogP contribution >= 0.6 is 0 Å². The second-order valence-electron chi connectivity index (χ2n) is 4.94. The van der Waals surface area contributed by atoms with E-state index in [1.807, 2.05) is 36.4 Å². The van der Waals surface area contributed by atoms with Crippen LogP contribution in [0.5, 0.6) is 0 Å². The molecule has 0 radical (unpaired) electrons. The zero-order valence-corrected chi connectivity index (χ0v) is 16.4. The Morgan fingerprint density at radius 2 is 0.885 bits per heavy atom. The lowest BCUT2D eigenvalue weighted by molar-refractivity contribution is -0.693. The summed E-state index contributed by atoms with van der Waals surface area (Å²) in [5.74, 6) is -2.31. The third-order valence-corrected chi connectivity index (χ3v) is 4.53. The van der Waals surface area contributed by atoms with Crippen LogP contribution in [-0.2, 0) is 33.3 Å². The first kappa shape index (κ1) is 24.1. The maximum absolute atomic E-state index is 9.72. The minimum Gasteiger partial charge on any atom is -0.748 e. The Labute approximate surface area is 155 Å². The van der Waals surface area contributed by atoms with Gasteiger partial charge in [-0.25, -0.2) is 26.0 Å². The molecule has 2 aromatic rings. The molecule has 0 aliphatic heterocycles. The predicted molar refractivity (Wildman–Crippen MR) is 93.8 cm³/mol. The standard InChI is InChI=1S/2C7H10N.C2H6O6S2/c2*1-2-8-6-4-3-5-7-8;3-9(4,5)1-2-10(6,7)8/h2*3-7H,2H2,1H3;1-2H2,(H,3,4,5)(H,6,7,8)/q2*+1;/p-2. The predicted octanol–water partition coefficient (Wildman–Crippen LogP) is 0.0648. The van der Waals surface area contributed by atoms with E-state index < -0.39 is 31.7 Å². The number of hydrogen-bond donors (Lipinski definition) is 0. The van der Waals surface area contributed by atoms with E-state index >= 15 is 0 Å². The Balaban J connectivity index is 0.000000363. The van der Waals surface area contributed by atoms with Crippen molar-refractivity contribution in [1.29, 1.82) is 0 Å². The fraction of sp³-hybridized carbons (Fsp3) is 0.375. The van der Waals surface area contributed by atoms with Crippen molar-refractivity contribution in [3.63, 3.8) is 0 Å². The molecule has 10 heteroatoms. The zero-order chi connectivity index (χ0) is 20.1. The van der Waals surface area contributed by atoms with Crippen molar-refractivity contribution in [2.75, 3.05) is 11.5 Å². The largest absolute Gasteiger partial charge is 0.748 e. The SMILES string of the molecule is CC[n+]1ccccc1.CC[n+]1ccccc1.O=S(=O)([O-])CCS(=O)(=O)[O-]. The minimum atomic E-state index is -4.59. The van der Waals surface area contributed by atoms with Gasteiger partial charge in [0.05, 0.1) is 31.7 Å². The molecule has 0 amide bonds. The van der Waals surface area contributed by atoms with Gasteiger partial charge in [-0.1, -0.05) is 12.1 Å². The summed E-state index contributed by atoms with van der Waals surface area (Å²) < 4.78 is 62.6. The molecule has 0 aromatic carbocycles. The molecule has 0 saturated heterocycles. The van der Waals surface area contributed by atoms with Crippen LogP contribution in [-0.4, -0.2) is 37.4 Å². The molecule has 0 saturated carbocycles. The van der Waals surface area contributed by atoms with E-state index in [0.29, 0.717) is 0 Å². The van der Waals surface area contributed by atoms with Crippen molar-refractivity contribution in [2.24, 2.45) is 0 Å². The van der Waals surface area contributed by atoms with Crippen LogP contribution in [0.2, 0.25) is 0 Å². The van der Waals surface area contributed by atoms with Crippen molar-refractivity contribution >= 4 is 20.2 Å². The molecule has 146 valence electrons. The van der Waals surface area contributed by atoms with Crippen LogP contribution in [0.15, 0.2) is 61.2 Å². The van der Waals surface area contributed by atoms with Gasteiger partial charge in [-0.15, -0.1) is 0 Å². The van der Waals surface area contributed by atoms with Crippen LogP contribution in [0.4, 0.5) is 0 Å². The van der Waals surface area contributed by atoms with E-state index in [-0.39, 0.29) is 0 Å². The Morgan fingerprint density at radius 1 is 0.615 bits per heavy atom. The van der Waals surface area contributed by atoms with Crippen LogP contribution in [0.3, 0.4) is 0 Å². The third-order valence-electron chi connectivity index (χ3n) is 2.87. The number of aromatic nitrogens is 2. The molecule has 0 unspecified atom stereocenters. The lowest BCUT2D eigenvalue weighted by Crippen LogP contribution is -2.30. The minimum absolute atomic E-state index is 1.06. The van der Waals surface area contributed by atoms with Gasteiger partial charge in [0.25, 0.3) is 0 Å². The molecule has 2 rings (SSSR count). The summed E-state index contributed by atoms with van der Waals surface area (Å²) in [5.41, 5.74) is 0. The first-order valence-electron chi connectivity index (χ1n) is 7.82. The summed E-state index contributed by atoms with van der Waals surface area (Å²) in [6.07, 6.45) is 8.22. The van der Waals surface area contributed by atoms with E-state index in [0.717, 1.165) is 13.1 Å². The Bertz CT molecular complexity index is 739. The molecule has 8 nitrogen and oxygen atoms in total. The van der Waals surface area contributed by atoms with Gasteiger partial charge in [-0.3, -0.25) is 0 Å². The Morgan fingerprint density at radius 3 is 1.04 bits per heavy atom. The van der Waals surface area contributed by atoms with Gasteiger partial charge in [0.15, 0.2) is 24.8 Å². The fourth-order valence-corrected chi connectivity index (χ4v) is 3.13. The highest BCUT2D eigenvalue weighted by molar-refractivity contribution is 7.89. The highest BCUT2D eigenvalue weighted by atomic mass is 32.2. The summed E-state index contributed by atoms with van der Waals surface area (Å²) in [6, 6.07) is 12.2. The van der Waals surface area contributed by atoms with Crippen LogP contribution in [0.1, 0.15) is 13.8 Å². The third kappa shape index (κ3) is 15.6. The van der Waals surface area contributed by atoms with E-state index in [1.165, 1.54) is 0 Å². The highest BCUT2D eigenvalue weighted by Crippen LogP contribution is 1.86. The van der Waals surface area contributed by atoms with Crippen LogP contribution in [0, 0.1) is 0 Å². The van der Waals surface area contributed by atoms with E-state index in [1.54, 1.807) is 0 Å². The van der Waals surface area contributed by atoms with Gasteiger partial charge in [-0.2, -0.15) is 0 Å². The molecule has 0 bridgehead atoms. The molecule has 0 aliphatic carbocycles. The smallest absolute Gasteiger partial charge is 0.168 e. The molecular formula is C16H24N2O6S2. The maximum atomic E-state index is 9.72. The lowest BCUT2D eigenvalue weighted by atomic mass is 10.5. The normalized spacial score (nSPS) is 10.8. The zero-order valence-electron chi connectivity index (χ0n) is 14.8. The number of aryl methyl sites for hydroxylation is 2. The molecule has 0 atom stereocenters. The number of hydrogen-bond acceptors (Lipinski definition) is 6. The lowest BCUT2D eigenvalue weighted by Gasteiger charge is -2.08. The molecule has 26 heavy (non-hydrogen) atoms. The molecule has 0 N–H and O–H groups in total. The first-order valence-corrected chi connectivity index (χ1v) is 11.0. The van der Waals surface area contributed by atoms with Crippen LogP contribution < -0.4 is 9.13 Å². The second-order valence-corrected chi connectivity index (χ2v) is 7.98. The molecule has 2 heterocycles. The summed E-state index contributed by atoms with van der Waals surface area (Å²) in [4.78, 5) is 0. The second kappa shape index (κ2) is 12.5. The van der Waals surface area contributed by atoms with Crippen molar-refractivity contribution < 1.29 is 35.1 Å². The van der Waals surface area contributed by atoms with Crippen molar-refractivity contribution in [2.45, 2.75) is 26.9 Å². The first-order chi connectivity index (χ1) is 12.1. The Kier molecular flexibility index (Phi) is 11.6. The van der Waals surface area contributed by atoms with Gasteiger partial charge in [0, 0.05) is 24.3 Å². The summed E-state index contributed by atoms with van der Waals surface area (Å²) in [6.45, 7) is 6.36. The van der Waals surface area contributed by atoms with Gasteiger partial charge in [0.1, 0.15) is 13.1 Å². The van der Waals surface area contributed by atoms with Gasteiger partial charge < -0.3 is 9.11 Å². The van der Waals surface area contributed by atoms with E-state index in [9.17, 15) is 25.9 Å². The van der Waals surface area contributed by atoms with Crippen molar-refractivity contribution in [1.82, 2.24) is 0 Å². The molecule has 0 spiro atoms. The van der Waals surface area contributed by atoms with Crippen LogP contribution in [0.25, 0.3) is 0 Å². The van der Waals surface area contributed by atoms with Gasteiger partial charge in [-0.05, 0) is 13.8 Å². The topological polar surface area (TPSA) is 122 Å². The highest BCUT2D eigenvalue weighted by Gasteiger charge is 1.99. The molecule has 2 aromatic heterocycles. The Hall–Kier alpha value is -1.88. The summed E-state index contributed by atoms with van der Waals surface area (Å²) in [5, 5.41) is 0. The quantitative estimate of drug-likeness (QED) is 0.513. The van der Waals surface area contributed by atoms with Crippen molar-refractivity contribution in [3.8, 4) is 0 Å². The molecule has 0 fully saturated rings. The van der Waals surface area contributed by atoms with Gasteiger partial charge in [0.2, 0.25) is 0 Å². The fourth-order valence-electron chi connectivity index (χ4n) is 1.49. The summed E-state index contributed by atoms with van der Waals surface area (Å²) in [7, 11) is -9.17. The number of nitrogens with zero attached hydrogens (tertiary/aromatic N) is 2. The molecule has 0 aliphatic rings. The maximum Gasteiger partial charge on any atom is 0.168 e. The number of pyridine rings is 2. The monoisotopic (exact) mass is 404 g/mol. The van der Waals surface area contributed by atoms with E-state index in [2.05, 4.69) is 47.8 Å². The molecular weight excluding hydrogens is 380 g/mol. The average molecular weight is 405 g/mol. The van der Waals surface area contributed by atoms with Gasteiger partial charge >= 0.3 is 0 Å². The van der Waals surface area contributed by atoms with E-state index in [4.69, 9.17) is 0 Å².